The summed E-state index contributed by atoms with van der Waals surface area (Å²) in [6, 6.07) is 13.8. The van der Waals surface area contributed by atoms with Crippen LogP contribution < -0.4 is 9.64 Å². The quantitative estimate of drug-likeness (QED) is 0.326. The first-order chi connectivity index (χ1) is 18.9. The Morgan fingerprint density at radius 2 is 1.65 bits per heavy atom. The molecular formula is C34H51NO4Si. The molecule has 2 aliphatic carbocycles. The summed E-state index contributed by atoms with van der Waals surface area (Å²) in [7, 11) is -0.0958. The fraction of sp³-hybridized carbons (Fsp3) is 0.618. The summed E-state index contributed by atoms with van der Waals surface area (Å²) in [6.45, 7) is 14.3. The van der Waals surface area contributed by atoms with Crippen molar-refractivity contribution in [3.8, 4) is 11.5 Å². The molecule has 2 aromatic rings. The number of carbonyl (C=O) groups excluding carboxylic acids is 1. The highest BCUT2D eigenvalue weighted by Gasteiger charge is 2.41. The van der Waals surface area contributed by atoms with Gasteiger partial charge < -0.3 is 19.2 Å². The van der Waals surface area contributed by atoms with Gasteiger partial charge in [0.2, 0.25) is 5.91 Å². The number of aromatic hydroxyl groups is 1. The molecule has 0 bridgehead atoms. The van der Waals surface area contributed by atoms with Crippen LogP contribution in [0.1, 0.15) is 89.2 Å². The molecule has 6 heteroatoms. The second-order valence-electron chi connectivity index (χ2n) is 13.8. The molecule has 4 rings (SSSR count). The molecule has 0 aliphatic heterocycles. The van der Waals surface area contributed by atoms with Crippen molar-refractivity contribution >= 4 is 19.9 Å². The van der Waals surface area contributed by atoms with Gasteiger partial charge in [0, 0.05) is 30.3 Å². The Hall–Kier alpha value is -2.31. The van der Waals surface area contributed by atoms with E-state index in [-0.39, 0.29) is 28.7 Å². The van der Waals surface area contributed by atoms with Crippen LogP contribution in [-0.2, 0) is 9.22 Å². The zero-order valence-corrected chi connectivity index (χ0v) is 26.8. The van der Waals surface area contributed by atoms with Crippen LogP contribution in [0, 0.1) is 18.8 Å². The average Bonchev–Trinajstić information content (AvgIpc) is 2.91. The van der Waals surface area contributed by atoms with Gasteiger partial charge in [0.1, 0.15) is 11.5 Å². The third-order valence-electron chi connectivity index (χ3n) is 9.88. The number of nitrogens with zero attached hydrogens (tertiary/aromatic N) is 1. The van der Waals surface area contributed by atoms with Crippen LogP contribution in [0.5, 0.6) is 11.5 Å². The summed E-state index contributed by atoms with van der Waals surface area (Å²) in [4.78, 5) is 16.0. The maximum Gasteiger partial charge on any atom is 0.230 e. The van der Waals surface area contributed by atoms with Crippen molar-refractivity contribution in [1.82, 2.24) is 0 Å². The molecule has 2 fully saturated rings. The number of rotatable bonds is 8. The average molecular weight is 566 g/mol. The molecule has 2 aliphatic rings. The Bertz CT molecular complexity index is 1140. The highest BCUT2D eigenvalue weighted by Crippen LogP contribution is 2.41. The van der Waals surface area contributed by atoms with Crippen LogP contribution in [0.2, 0.25) is 18.1 Å². The van der Waals surface area contributed by atoms with Crippen LogP contribution in [0.25, 0.3) is 0 Å². The maximum absolute atomic E-state index is 14.0. The van der Waals surface area contributed by atoms with Crippen molar-refractivity contribution in [1.29, 1.82) is 0 Å². The maximum atomic E-state index is 14.0. The molecule has 2 saturated carbocycles. The Labute approximate surface area is 243 Å². The van der Waals surface area contributed by atoms with Gasteiger partial charge in [0.15, 0.2) is 8.32 Å². The van der Waals surface area contributed by atoms with E-state index >= 15 is 0 Å². The van der Waals surface area contributed by atoms with Gasteiger partial charge in [0.25, 0.3) is 0 Å². The monoisotopic (exact) mass is 565 g/mol. The number of methoxy groups -OCH3 is 1. The first-order valence-electron chi connectivity index (χ1n) is 15.3. The van der Waals surface area contributed by atoms with Gasteiger partial charge in [-0.3, -0.25) is 4.79 Å². The van der Waals surface area contributed by atoms with E-state index in [1.807, 2.05) is 17.0 Å². The second-order valence-corrected chi connectivity index (χ2v) is 18.5. The molecule has 0 aromatic heterocycles. The number of ether oxygens (including phenoxy) is 1. The smallest absolute Gasteiger partial charge is 0.230 e. The Morgan fingerprint density at radius 1 is 0.975 bits per heavy atom. The lowest BCUT2D eigenvalue weighted by Crippen LogP contribution is -2.46. The fourth-order valence-corrected chi connectivity index (χ4v) is 7.74. The van der Waals surface area contributed by atoms with Gasteiger partial charge in [0.05, 0.1) is 7.11 Å². The Kier molecular flexibility index (Phi) is 9.72. The summed E-state index contributed by atoms with van der Waals surface area (Å²) < 4.78 is 12.1. The fourth-order valence-electron chi connectivity index (χ4n) is 6.32. The van der Waals surface area contributed by atoms with Gasteiger partial charge in [-0.15, -0.1) is 0 Å². The molecule has 0 atom stereocenters. The molecule has 1 N–H and O–H groups in total. The van der Waals surface area contributed by atoms with E-state index in [1.54, 1.807) is 19.2 Å². The second kappa shape index (κ2) is 12.7. The highest BCUT2D eigenvalue weighted by molar-refractivity contribution is 6.74. The predicted octanol–water partition coefficient (Wildman–Crippen LogP) is 8.60. The number of anilines is 1. The van der Waals surface area contributed by atoms with Crippen molar-refractivity contribution < 1.29 is 19.1 Å². The first kappa shape index (κ1) is 30.6. The minimum Gasteiger partial charge on any atom is -0.508 e. The molecule has 5 nitrogen and oxygen atoms in total. The molecule has 2 aromatic carbocycles. The minimum atomic E-state index is -1.82. The summed E-state index contributed by atoms with van der Waals surface area (Å²) in [6.07, 6.45) is 8.37. The van der Waals surface area contributed by atoms with E-state index in [1.165, 1.54) is 11.1 Å². The van der Waals surface area contributed by atoms with Crippen molar-refractivity contribution in [2.45, 2.75) is 109 Å². The first-order valence-corrected chi connectivity index (χ1v) is 18.2. The lowest BCUT2D eigenvalue weighted by molar-refractivity contribution is -0.124. The van der Waals surface area contributed by atoms with Crippen molar-refractivity contribution in [3.05, 3.63) is 53.6 Å². The molecule has 220 valence electrons. The van der Waals surface area contributed by atoms with Gasteiger partial charge in [-0.1, -0.05) is 39.0 Å². The van der Waals surface area contributed by atoms with Crippen LogP contribution >= 0.6 is 0 Å². The number of hydrogen-bond donors (Lipinski definition) is 1. The van der Waals surface area contributed by atoms with E-state index in [4.69, 9.17) is 9.16 Å². The van der Waals surface area contributed by atoms with E-state index in [0.717, 1.165) is 69.3 Å². The number of benzene rings is 2. The lowest BCUT2D eigenvalue weighted by atomic mass is 9.78. The minimum absolute atomic E-state index is 0.0141. The summed E-state index contributed by atoms with van der Waals surface area (Å²) >= 11 is 0. The number of hydrogen-bond acceptors (Lipinski definition) is 4. The summed E-state index contributed by atoms with van der Waals surface area (Å²) in [5.74, 6) is 2.39. The van der Waals surface area contributed by atoms with Gasteiger partial charge in [-0.25, -0.2) is 0 Å². The van der Waals surface area contributed by atoms with E-state index in [2.05, 4.69) is 59.0 Å². The van der Waals surface area contributed by atoms with Crippen LogP contribution in [-0.4, -0.2) is 39.1 Å². The lowest BCUT2D eigenvalue weighted by Gasteiger charge is -2.41. The molecule has 0 radical (unpaired) electrons. The van der Waals surface area contributed by atoms with E-state index in [9.17, 15) is 9.90 Å². The normalized spacial score (nSPS) is 24.0. The molecule has 0 spiro atoms. The topological polar surface area (TPSA) is 59.0 Å². The van der Waals surface area contributed by atoms with Crippen molar-refractivity contribution in [3.63, 3.8) is 0 Å². The molecular weight excluding hydrogens is 514 g/mol. The molecule has 40 heavy (non-hydrogen) atoms. The van der Waals surface area contributed by atoms with Gasteiger partial charge in [-0.05, 0) is 118 Å². The summed E-state index contributed by atoms with van der Waals surface area (Å²) in [5, 5.41) is 10.4. The number of phenolic OH excluding ortho intramolecular Hbond substituents is 1. The van der Waals surface area contributed by atoms with Crippen molar-refractivity contribution in [2.24, 2.45) is 11.8 Å². The largest absolute Gasteiger partial charge is 0.508 e. The third kappa shape index (κ3) is 7.30. The third-order valence-corrected chi connectivity index (χ3v) is 14.4. The predicted molar refractivity (Wildman–Crippen MR) is 167 cm³/mol. The zero-order chi connectivity index (χ0) is 29.1. The molecule has 1 amide bonds. The number of amides is 1. The standard InChI is InChI=1S/C34H51NO4Si/c1-24-21-28(17-20-32(24)38-5)26-13-11-25(12-14-26)23-35(29-9-8-10-30(36)22-29)33(37)27-15-18-31(19-16-27)39-40(6,7)34(2,3)4/h8-10,17,20-22,25-27,31,36H,11-16,18-19,23H2,1-7H3/t25-,26-,27?,31?. The number of phenols is 1. The van der Waals surface area contributed by atoms with Crippen LogP contribution in [0.4, 0.5) is 5.69 Å². The summed E-state index contributed by atoms with van der Waals surface area (Å²) in [5.41, 5.74) is 3.40. The molecule has 0 unspecified atom stereocenters. The van der Waals surface area contributed by atoms with Crippen LogP contribution in [0.3, 0.4) is 0 Å². The van der Waals surface area contributed by atoms with Crippen molar-refractivity contribution in [2.75, 3.05) is 18.6 Å². The van der Waals surface area contributed by atoms with Crippen LogP contribution in [0.15, 0.2) is 42.5 Å². The number of carbonyl (C=O) groups is 1. The zero-order valence-electron chi connectivity index (χ0n) is 25.8. The Balaban J connectivity index is 1.40. The number of aryl methyl sites for hydroxylation is 1. The van der Waals surface area contributed by atoms with E-state index in [0.29, 0.717) is 11.8 Å². The van der Waals surface area contributed by atoms with E-state index < -0.39 is 8.32 Å². The SMILES string of the molecule is COc1ccc([C@H]2CC[C@H](CN(C(=O)C3CCC(O[Si](C)(C)C(C)(C)C)CC3)c3cccc(O)c3)CC2)cc1C. The molecule has 0 heterocycles. The Morgan fingerprint density at radius 3 is 2.23 bits per heavy atom. The molecule has 0 saturated heterocycles. The highest BCUT2D eigenvalue weighted by atomic mass is 28.4. The van der Waals surface area contributed by atoms with Gasteiger partial charge >= 0.3 is 0 Å². The van der Waals surface area contributed by atoms with Gasteiger partial charge in [-0.2, -0.15) is 0 Å².